The Morgan fingerprint density at radius 3 is 2.79 bits per heavy atom. The highest BCUT2D eigenvalue weighted by Crippen LogP contribution is 2.28. The lowest BCUT2D eigenvalue weighted by molar-refractivity contribution is 0.102. The summed E-state index contributed by atoms with van der Waals surface area (Å²) in [6, 6.07) is 15.2. The first-order valence-electron chi connectivity index (χ1n) is 10.2. The van der Waals surface area contributed by atoms with Crippen molar-refractivity contribution in [3.05, 3.63) is 76.0 Å². The highest BCUT2D eigenvalue weighted by atomic mass is 32.2. The van der Waals surface area contributed by atoms with E-state index in [0.717, 1.165) is 11.1 Å². The molecule has 0 saturated carbocycles. The first-order chi connectivity index (χ1) is 15.9. The molecule has 2 aromatic heterocycles. The molecule has 0 spiro atoms. The van der Waals surface area contributed by atoms with Gasteiger partial charge in [-0.2, -0.15) is 4.31 Å². The quantitative estimate of drug-likeness (QED) is 0.470. The number of rotatable bonds is 5. The molecule has 11 heteroatoms. The van der Waals surface area contributed by atoms with Crippen LogP contribution in [0.2, 0.25) is 0 Å². The molecule has 4 aromatic rings. The van der Waals surface area contributed by atoms with Crippen LogP contribution in [0.25, 0.3) is 11.4 Å². The first kappa shape index (κ1) is 21.4. The highest BCUT2D eigenvalue weighted by molar-refractivity contribution is 7.89. The van der Waals surface area contributed by atoms with E-state index in [1.807, 2.05) is 17.5 Å². The zero-order valence-electron chi connectivity index (χ0n) is 17.7. The van der Waals surface area contributed by atoms with Crippen molar-refractivity contribution in [3.8, 4) is 11.4 Å². The van der Waals surface area contributed by atoms with E-state index in [4.69, 9.17) is 0 Å². The topological polar surface area (TPSA) is 110 Å². The number of benzene rings is 2. The maximum atomic E-state index is 13.2. The summed E-state index contributed by atoms with van der Waals surface area (Å²) in [6.07, 6.45) is 0.698. The average Bonchev–Trinajstić information content (AvgIpc) is 3.47. The van der Waals surface area contributed by atoms with E-state index >= 15 is 0 Å². The Morgan fingerprint density at radius 1 is 1.12 bits per heavy atom. The van der Waals surface area contributed by atoms with Crippen molar-refractivity contribution in [2.24, 2.45) is 7.05 Å². The molecular formula is C22H20N6O3S2. The largest absolute Gasteiger partial charge is 0.322 e. The summed E-state index contributed by atoms with van der Waals surface area (Å²) < 4.78 is 29.5. The standard InChI is InChI=1S/C22H20N6O3S2/c1-27-21(24-25-26-27)15-4-2-6-18(12-15)23-22(29)16-5-3-7-19(13-16)33(30,31)28-10-8-20-17(14-28)9-11-32-20/h2-7,9,11-13H,8,10,14H2,1H3,(H,23,29). The minimum Gasteiger partial charge on any atom is -0.322 e. The summed E-state index contributed by atoms with van der Waals surface area (Å²) in [5.74, 6) is 0.161. The van der Waals surface area contributed by atoms with Crippen molar-refractivity contribution in [3.63, 3.8) is 0 Å². The second kappa shape index (κ2) is 8.50. The number of tetrazole rings is 1. The number of aromatic nitrogens is 4. The molecule has 0 atom stereocenters. The molecule has 2 aromatic carbocycles. The molecule has 3 heterocycles. The van der Waals surface area contributed by atoms with Crippen molar-refractivity contribution in [2.45, 2.75) is 17.9 Å². The molecular weight excluding hydrogens is 460 g/mol. The van der Waals surface area contributed by atoms with Gasteiger partial charge in [-0.1, -0.05) is 18.2 Å². The molecule has 0 radical (unpaired) electrons. The van der Waals surface area contributed by atoms with E-state index < -0.39 is 15.9 Å². The van der Waals surface area contributed by atoms with E-state index in [0.29, 0.717) is 31.0 Å². The van der Waals surface area contributed by atoms with Gasteiger partial charge >= 0.3 is 0 Å². The Bertz CT molecular complexity index is 1440. The van der Waals surface area contributed by atoms with Gasteiger partial charge in [0.15, 0.2) is 5.82 Å². The Morgan fingerprint density at radius 2 is 1.97 bits per heavy atom. The zero-order valence-corrected chi connectivity index (χ0v) is 19.3. The van der Waals surface area contributed by atoms with Gasteiger partial charge in [0.25, 0.3) is 5.91 Å². The third-order valence-electron chi connectivity index (χ3n) is 5.51. The van der Waals surface area contributed by atoms with Gasteiger partial charge in [0.2, 0.25) is 10.0 Å². The molecule has 1 N–H and O–H groups in total. The van der Waals surface area contributed by atoms with Crippen LogP contribution in [0.3, 0.4) is 0 Å². The number of anilines is 1. The van der Waals surface area contributed by atoms with Gasteiger partial charge in [-0.3, -0.25) is 4.79 Å². The van der Waals surface area contributed by atoms with Crippen LogP contribution in [0, 0.1) is 0 Å². The van der Waals surface area contributed by atoms with Crippen molar-refractivity contribution in [2.75, 3.05) is 11.9 Å². The molecule has 1 aliphatic rings. The molecule has 33 heavy (non-hydrogen) atoms. The van der Waals surface area contributed by atoms with Gasteiger partial charge in [0.05, 0.1) is 4.90 Å². The number of fused-ring (bicyclic) bond motifs is 1. The lowest BCUT2D eigenvalue weighted by atomic mass is 10.1. The van der Waals surface area contributed by atoms with Crippen LogP contribution in [-0.2, 0) is 30.0 Å². The van der Waals surface area contributed by atoms with Gasteiger partial charge in [0.1, 0.15) is 0 Å². The number of hydrogen-bond donors (Lipinski definition) is 1. The Kier molecular flexibility index (Phi) is 5.52. The van der Waals surface area contributed by atoms with Gasteiger partial charge in [0, 0.05) is 41.8 Å². The smallest absolute Gasteiger partial charge is 0.255 e. The van der Waals surface area contributed by atoms with Gasteiger partial charge in [-0.05, 0) is 64.2 Å². The SMILES string of the molecule is Cn1nnnc1-c1cccc(NC(=O)c2cccc(S(=O)(=O)N3CCc4sccc4C3)c2)c1. The van der Waals surface area contributed by atoms with Crippen molar-refractivity contribution < 1.29 is 13.2 Å². The van der Waals surface area contributed by atoms with Crippen LogP contribution in [0.15, 0.2) is 64.9 Å². The Labute approximate surface area is 194 Å². The van der Waals surface area contributed by atoms with Crippen LogP contribution in [0.5, 0.6) is 0 Å². The summed E-state index contributed by atoms with van der Waals surface area (Å²) in [5.41, 5.74) is 2.60. The van der Waals surface area contributed by atoms with E-state index in [2.05, 4.69) is 20.8 Å². The van der Waals surface area contributed by atoms with E-state index in [9.17, 15) is 13.2 Å². The van der Waals surface area contributed by atoms with E-state index in [-0.39, 0.29) is 10.5 Å². The van der Waals surface area contributed by atoms with Gasteiger partial charge in [-0.15, -0.1) is 16.4 Å². The number of nitrogens with zero attached hydrogens (tertiary/aromatic N) is 5. The summed E-state index contributed by atoms with van der Waals surface area (Å²) in [6.45, 7) is 0.775. The summed E-state index contributed by atoms with van der Waals surface area (Å²) >= 11 is 1.66. The number of sulfonamides is 1. The second-order valence-electron chi connectivity index (χ2n) is 7.65. The molecule has 0 saturated heterocycles. The Hall–Kier alpha value is -3.41. The van der Waals surface area contributed by atoms with Crippen LogP contribution in [0.1, 0.15) is 20.8 Å². The molecule has 0 unspecified atom stereocenters. The van der Waals surface area contributed by atoms with Crippen LogP contribution in [-0.4, -0.2) is 45.4 Å². The fraction of sp³-hybridized carbons (Fsp3) is 0.182. The third-order valence-corrected chi connectivity index (χ3v) is 8.37. The van der Waals surface area contributed by atoms with Crippen molar-refractivity contribution >= 4 is 33.0 Å². The maximum Gasteiger partial charge on any atom is 0.255 e. The van der Waals surface area contributed by atoms with Crippen LogP contribution < -0.4 is 5.32 Å². The fourth-order valence-corrected chi connectivity index (χ4v) is 6.14. The number of carbonyl (C=O) groups is 1. The Balaban J connectivity index is 1.36. The van der Waals surface area contributed by atoms with E-state index in [1.165, 1.54) is 26.0 Å². The van der Waals surface area contributed by atoms with Crippen molar-refractivity contribution in [1.29, 1.82) is 0 Å². The highest BCUT2D eigenvalue weighted by Gasteiger charge is 2.29. The predicted molar refractivity (Wildman–Crippen MR) is 124 cm³/mol. The number of amides is 1. The molecule has 0 bridgehead atoms. The second-order valence-corrected chi connectivity index (χ2v) is 10.6. The summed E-state index contributed by atoms with van der Waals surface area (Å²) in [5, 5.41) is 16.2. The average molecular weight is 481 g/mol. The van der Waals surface area contributed by atoms with Gasteiger partial charge < -0.3 is 5.32 Å². The summed E-state index contributed by atoms with van der Waals surface area (Å²) in [4.78, 5) is 14.2. The normalized spacial score (nSPS) is 14.1. The number of thiophene rings is 1. The first-order valence-corrected chi connectivity index (χ1v) is 12.5. The van der Waals surface area contributed by atoms with Crippen LogP contribution in [0.4, 0.5) is 5.69 Å². The third kappa shape index (κ3) is 4.17. The fourth-order valence-electron chi connectivity index (χ4n) is 3.79. The molecule has 1 aliphatic heterocycles. The van der Waals surface area contributed by atoms with E-state index in [1.54, 1.807) is 48.7 Å². The molecule has 0 aliphatic carbocycles. The maximum absolute atomic E-state index is 13.2. The lowest BCUT2D eigenvalue weighted by Gasteiger charge is -2.26. The summed E-state index contributed by atoms with van der Waals surface area (Å²) in [7, 11) is -1.99. The monoisotopic (exact) mass is 480 g/mol. The molecule has 168 valence electrons. The molecule has 0 fully saturated rings. The molecule has 1 amide bonds. The van der Waals surface area contributed by atoms with Crippen LogP contribution >= 0.6 is 11.3 Å². The minimum atomic E-state index is -3.72. The number of hydrogen-bond acceptors (Lipinski definition) is 7. The zero-order chi connectivity index (χ0) is 23.0. The predicted octanol–water partition coefficient (Wildman–Crippen LogP) is 2.94. The van der Waals surface area contributed by atoms with Crippen molar-refractivity contribution in [1.82, 2.24) is 24.5 Å². The minimum absolute atomic E-state index is 0.104. The lowest BCUT2D eigenvalue weighted by Crippen LogP contribution is -2.35. The molecule has 9 nitrogen and oxygen atoms in total. The van der Waals surface area contributed by atoms with Gasteiger partial charge in [-0.25, -0.2) is 13.1 Å². The number of nitrogens with one attached hydrogen (secondary N) is 1. The number of aryl methyl sites for hydroxylation is 1. The number of carbonyl (C=O) groups excluding carboxylic acids is 1. The molecule has 5 rings (SSSR count).